The summed E-state index contributed by atoms with van der Waals surface area (Å²) in [5, 5.41) is 0. The predicted molar refractivity (Wildman–Crippen MR) is 70.8 cm³/mol. The largest absolute Gasteiger partial charge is 0.486 e. The molecule has 0 atom stereocenters. The lowest BCUT2D eigenvalue weighted by molar-refractivity contribution is 0.171. The van der Waals surface area contributed by atoms with E-state index in [1.807, 2.05) is 42.5 Å². The van der Waals surface area contributed by atoms with E-state index in [0.717, 1.165) is 28.2 Å². The van der Waals surface area contributed by atoms with Gasteiger partial charge in [-0.05, 0) is 35.4 Å². The van der Waals surface area contributed by atoms with Crippen LogP contribution in [0.25, 0.3) is 11.1 Å². The van der Waals surface area contributed by atoms with E-state index in [1.54, 1.807) is 0 Å². The maximum Gasteiger partial charge on any atom is 0.161 e. The lowest BCUT2D eigenvalue weighted by Gasteiger charge is -2.18. The SMILES string of the molecule is C#Cc1cccc(-c2ccc3c(c2)OCCO3)c1. The molecule has 18 heavy (non-hydrogen) atoms. The standard InChI is InChI=1S/C16H12O2/c1-2-12-4-3-5-13(10-12)14-6-7-15-16(11-14)18-9-8-17-15/h1,3-7,10-11H,8-9H2. The smallest absolute Gasteiger partial charge is 0.161 e. The molecule has 0 aliphatic carbocycles. The van der Waals surface area contributed by atoms with Crippen molar-refractivity contribution in [3.05, 3.63) is 48.0 Å². The fourth-order valence-electron chi connectivity index (χ4n) is 2.01. The summed E-state index contributed by atoms with van der Waals surface area (Å²) in [5.74, 6) is 4.24. The lowest BCUT2D eigenvalue weighted by atomic mass is 10.0. The number of hydrogen-bond acceptors (Lipinski definition) is 2. The Morgan fingerprint density at radius 3 is 2.50 bits per heavy atom. The number of hydrogen-bond donors (Lipinski definition) is 0. The zero-order valence-electron chi connectivity index (χ0n) is 9.85. The summed E-state index contributed by atoms with van der Waals surface area (Å²) in [6, 6.07) is 13.8. The third kappa shape index (κ3) is 1.91. The maximum absolute atomic E-state index is 5.58. The van der Waals surface area contributed by atoms with Crippen LogP contribution >= 0.6 is 0 Å². The van der Waals surface area contributed by atoms with Crippen molar-refractivity contribution in [3.63, 3.8) is 0 Å². The van der Waals surface area contributed by atoms with Crippen molar-refractivity contribution >= 4 is 0 Å². The molecule has 2 nitrogen and oxygen atoms in total. The highest BCUT2D eigenvalue weighted by molar-refractivity contribution is 5.68. The molecule has 2 aromatic carbocycles. The molecule has 0 fully saturated rings. The summed E-state index contributed by atoms with van der Waals surface area (Å²) >= 11 is 0. The molecule has 2 heteroatoms. The highest BCUT2D eigenvalue weighted by Gasteiger charge is 2.12. The number of fused-ring (bicyclic) bond motifs is 1. The molecule has 0 bridgehead atoms. The van der Waals surface area contributed by atoms with E-state index in [4.69, 9.17) is 15.9 Å². The summed E-state index contributed by atoms with van der Waals surface area (Å²) in [6.45, 7) is 1.21. The molecule has 0 saturated heterocycles. The second kappa shape index (κ2) is 4.46. The molecular formula is C16H12O2. The van der Waals surface area contributed by atoms with Gasteiger partial charge in [-0.1, -0.05) is 24.1 Å². The van der Waals surface area contributed by atoms with Gasteiger partial charge in [-0.3, -0.25) is 0 Å². The molecule has 0 spiro atoms. The molecule has 0 N–H and O–H groups in total. The average molecular weight is 236 g/mol. The van der Waals surface area contributed by atoms with E-state index in [9.17, 15) is 0 Å². The van der Waals surface area contributed by atoms with Crippen LogP contribution in [-0.2, 0) is 0 Å². The Hall–Kier alpha value is -2.40. The van der Waals surface area contributed by atoms with Crippen LogP contribution in [0.3, 0.4) is 0 Å². The molecule has 3 rings (SSSR count). The van der Waals surface area contributed by atoms with E-state index in [2.05, 4.69) is 5.92 Å². The van der Waals surface area contributed by atoms with Crippen molar-refractivity contribution < 1.29 is 9.47 Å². The lowest BCUT2D eigenvalue weighted by Crippen LogP contribution is -2.15. The van der Waals surface area contributed by atoms with Gasteiger partial charge < -0.3 is 9.47 Å². The molecule has 1 aliphatic rings. The minimum Gasteiger partial charge on any atom is -0.486 e. The summed E-state index contributed by atoms with van der Waals surface area (Å²) in [5.41, 5.74) is 3.04. The zero-order chi connectivity index (χ0) is 12.4. The third-order valence-electron chi connectivity index (χ3n) is 2.90. The Kier molecular flexibility index (Phi) is 2.66. The summed E-state index contributed by atoms with van der Waals surface area (Å²) in [4.78, 5) is 0. The molecular weight excluding hydrogens is 224 g/mol. The van der Waals surface area contributed by atoms with Crippen molar-refractivity contribution in [2.45, 2.75) is 0 Å². The first kappa shape index (κ1) is 10.7. The molecule has 88 valence electrons. The topological polar surface area (TPSA) is 18.5 Å². The molecule has 2 aromatic rings. The predicted octanol–water partition coefficient (Wildman–Crippen LogP) is 3.11. The number of terminal acetylenes is 1. The average Bonchev–Trinajstić information content (AvgIpc) is 2.47. The number of benzene rings is 2. The van der Waals surface area contributed by atoms with Gasteiger partial charge in [0.25, 0.3) is 0 Å². The highest BCUT2D eigenvalue weighted by atomic mass is 16.6. The second-order valence-corrected chi connectivity index (χ2v) is 4.08. The fourth-order valence-corrected chi connectivity index (χ4v) is 2.01. The van der Waals surface area contributed by atoms with E-state index in [1.165, 1.54) is 0 Å². The van der Waals surface area contributed by atoms with Gasteiger partial charge in [0.1, 0.15) is 13.2 Å². The van der Waals surface area contributed by atoms with Gasteiger partial charge in [-0.15, -0.1) is 6.42 Å². The molecule has 0 amide bonds. The second-order valence-electron chi connectivity index (χ2n) is 4.08. The van der Waals surface area contributed by atoms with Crippen molar-refractivity contribution in [2.75, 3.05) is 13.2 Å². The van der Waals surface area contributed by atoms with Gasteiger partial charge in [0, 0.05) is 5.56 Å². The summed E-state index contributed by atoms with van der Waals surface area (Å²) in [7, 11) is 0. The van der Waals surface area contributed by atoms with E-state index >= 15 is 0 Å². The molecule has 1 aliphatic heterocycles. The van der Waals surface area contributed by atoms with Crippen LogP contribution in [0.5, 0.6) is 11.5 Å². The Morgan fingerprint density at radius 2 is 1.67 bits per heavy atom. The first-order chi connectivity index (χ1) is 8.86. The van der Waals surface area contributed by atoms with Crippen LogP contribution in [0.1, 0.15) is 5.56 Å². The molecule has 1 heterocycles. The number of rotatable bonds is 1. The van der Waals surface area contributed by atoms with Gasteiger partial charge in [-0.2, -0.15) is 0 Å². The minimum atomic E-state index is 0.598. The Balaban J connectivity index is 2.04. The summed E-state index contributed by atoms with van der Waals surface area (Å²) in [6.07, 6.45) is 5.41. The Labute approximate surface area is 106 Å². The monoisotopic (exact) mass is 236 g/mol. The van der Waals surface area contributed by atoms with E-state index in [-0.39, 0.29) is 0 Å². The Bertz CT molecular complexity index is 623. The van der Waals surface area contributed by atoms with Gasteiger partial charge in [-0.25, -0.2) is 0 Å². The molecule has 0 aromatic heterocycles. The van der Waals surface area contributed by atoms with Crippen LogP contribution in [0.2, 0.25) is 0 Å². The van der Waals surface area contributed by atoms with Gasteiger partial charge in [0.2, 0.25) is 0 Å². The van der Waals surface area contributed by atoms with Crippen molar-refractivity contribution in [2.24, 2.45) is 0 Å². The van der Waals surface area contributed by atoms with Gasteiger partial charge in [0.05, 0.1) is 0 Å². The number of ether oxygens (including phenoxy) is 2. The molecule has 0 saturated carbocycles. The van der Waals surface area contributed by atoms with Crippen LogP contribution < -0.4 is 9.47 Å². The van der Waals surface area contributed by atoms with Crippen molar-refractivity contribution in [3.8, 4) is 35.0 Å². The third-order valence-corrected chi connectivity index (χ3v) is 2.90. The van der Waals surface area contributed by atoms with Crippen LogP contribution in [0.15, 0.2) is 42.5 Å². The van der Waals surface area contributed by atoms with Gasteiger partial charge in [0.15, 0.2) is 11.5 Å². The fraction of sp³-hybridized carbons (Fsp3) is 0.125. The van der Waals surface area contributed by atoms with Crippen LogP contribution in [-0.4, -0.2) is 13.2 Å². The quantitative estimate of drug-likeness (QED) is 0.708. The normalized spacial score (nSPS) is 12.8. The van der Waals surface area contributed by atoms with Crippen LogP contribution in [0.4, 0.5) is 0 Å². The summed E-state index contributed by atoms with van der Waals surface area (Å²) < 4.78 is 11.1. The maximum atomic E-state index is 5.58. The van der Waals surface area contributed by atoms with E-state index < -0.39 is 0 Å². The first-order valence-electron chi connectivity index (χ1n) is 5.83. The van der Waals surface area contributed by atoms with Crippen molar-refractivity contribution in [1.82, 2.24) is 0 Å². The van der Waals surface area contributed by atoms with Crippen molar-refractivity contribution in [1.29, 1.82) is 0 Å². The minimum absolute atomic E-state index is 0.598. The van der Waals surface area contributed by atoms with Crippen LogP contribution in [0, 0.1) is 12.3 Å². The zero-order valence-corrected chi connectivity index (χ0v) is 9.85. The Morgan fingerprint density at radius 1 is 0.889 bits per heavy atom. The molecule has 0 radical (unpaired) electrons. The van der Waals surface area contributed by atoms with Gasteiger partial charge >= 0.3 is 0 Å². The first-order valence-corrected chi connectivity index (χ1v) is 5.83. The molecule has 0 unspecified atom stereocenters. The highest BCUT2D eigenvalue weighted by Crippen LogP contribution is 2.34. The van der Waals surface area contributed by atoms with E-state index in [0.29, 0.717) is 13.2 Å².